The number of fused-ring (bicyclic) bond motifs is 3. The number of anilines is 1. The largest absolute Gasteiger partial charge is 0.478 e. The van der Waals surface area contributed by atoms with Crippen molar-refractivity contribution in [2.45, 2.75) is 83.5 Å². The third-order valence-corrected chi connectivity index (χ3v) is 14.5. The molecule has 4 atom stereocenters. The van der Waals surface area contributed by atoms with Crippen LogP contribution in [0.5, 0.6) is 0 Å². The van der Waals surface area contributed by atoms with Gasteiger partial charge in [-0.2, -0.15) is 0 Å². The summed E-state index contributed by atoms with van der Waals surface area (Å²) in [6.45, 7) is 14.8. The fraction of sp³-hybridized carbons (Fsp3) is 0.680. The van der Waals surface area contributed by atoms with Crippen LogP contribution in [0.25, 0.3) is 11.0 Å². The van der Waals surface area contributed by atoms with E-state index in [9.17, 15) is 9.90 Å². The summed E-state index contributed by atoms with van der Waals surface area (Å²) in [5.41, 5.74) is 3.35. The first kappa shape index (κ1) is 23.3. The predicted molar refractivity (Wildman–Crippen MR) is 132 cm³/mol. The van der Waals surface area contributed by atoms with Gasteiger partial charge in [0.2, 0.25) is 0 Å². The highest BCUT2D eigenvalue weighted by Gasteiger charge is 2.51. The minimum Gasteiger partial charge on any atom is -0.478 e. The Morgan fingerprint density at radius 1 is 1.19 bits per heavy atom. The van der Waals surface area contributed by atoms with Gasteiger partial charge in [0.25, 0.3) is 0 Å². The Hall–Kier alpha value is -1.86. The molecule has 0 saturated heterocycles. The molecule has 2 aliphatic rings. The van der Waals surface area contributed by atoms with Crippen LogP contribution in [-0.2, 0) is 4.43 Å². The summed E-state index contributed by atoms with van der Waals surface area (Å²) in [7, 11) is -1.94. The zero-order valence-corrected chi connectivity index (χ0v) is 21.3. The summed E-state index contributed by atoms with van der Waals surface area (Å²) in [5, 5.41) is 14.4. The van der Waals surface area contributed by atoms with E-state index in [2.05, 4.69) is 56.8 Å². The standard InChI is InChI=1S/C25H39N3O3Si/c1-14(2)32(15(3)4,16(5)6)31-13-21-17-7-8-18(11-17)22(21)28-23-19-9-10-26-24(19)27-12-20(23)25(29)30/h9-10,12,14-18,21-22H,7-8,11,13H2,1-6H3,(H,29,30)(H2,26,27,28)/t17-,18?,21-,22+/m1/s1. The number of H-pyrrole nitrogens is 1. The molecule has 4 rings (SSSR count). The van der Waals surface area contributed by atoms with Crippen molar-refractivity contribution >= 4 is 31.0 Å². The number of aromatic nitrogens is 2. The van der Waals surface area contributed by atoms with E-state index in [1.807, 2.05) is 12.3 Å². The molecule has 0 radical (unpaired) electrons. The van der Waals surface area contributed by atoms with E-state index >= 15 is 0 Å². The van der Waals surface area contributed by atoms with Crippen molar-refractivity contribution in [3.05, 3.63) is 24.0 Å². The fourth-order valence-electron chi connectivity index (χ4n) is 7.11. The molecule has 0 aromatic carbocycles. The van der Waals surface area contributed by atoms with Crippen molar-refractivity contribution in [3.8, 4) is 0 Å². The number of hydrogen-bond acceptors (Lipinski definition) is 4. The topological polar surface area (TPSA) is 87.2 Å². The van der Waals surface area contributed by atoms with Crippen LogP contribution >= 0.6 is 0 Å². The molecule has 6 nitrogen and oxygen atoms in total. The van der Waals surface area contributed by atoms with Gasteiger partial charge in [0, 0.05) is 36.3 Å². The Kier molecular flexibility index (Phi) is 6.42. The number of carbonyl (C=O) groups is 1. The van der Waals surface area contributed by atoms with Crippen molar-refractivity contribution < 1.29 is 14.3 Å². The number of pyridine rings is 1. The summed E-state index contributed by atoms with van der Waals surface area (Å²) in [6, 6.07) is 2.16. The van der Waals surface area contributed by atoms with Crippen LogP contribution in [-0.4, -0.2) is 42.0 Å². The van der Waals surface area contributed by atoms with Gasteiger partial charge in [0.05, 0.1) is 5.69 Å². The number of nitrogens with one attached hydrogen (secondary N) is 2. The first-order chi connectivity index (χ1) is 15.2. The van der Waals surface area contributed by atoms with Crippen LogP contribution in [0.15, 0.2) is 18.5 Å². The highest BCUT2D eigenvalue weighted by Crippen LogP contribution is 2.51. The molecular formula is C25H39N3O3Si. The first-order valence-electron chi connectivity index (χ1n) is 12.3. The van der Waals surface area contributed by atoms with Gasteiger partial charge in [-0.05, 0) is 53.8 Å². The zero-order valence-electron chi connectivity index (χ0n) is 20.3. The normalized spacial score (nSPS) is 25.5. The minimum atomic E-state index is -1.94. The Labute approximate surface area is 192 Å². The molecule has 2 heterocycles. The second kappa shape index (κ2) is 8.82. The number of aromatic carboxylic acids is 1. The van der Waals surface area contributed by atoms with Gasteiger partial charge < -0.3 is 19.8 Å². The molecule has 2 aromatic rings. The maximum atomic E-state index is 12.0. The van der Waals surface area contributed by atoms with E-state index < -0.39 is 14.3 Å². The van der Waals surface area contributed by atoms with Gasteiger partial charge in [0.15, 0.2) is 8.32 Å². The number of hydrogen-bond donors (Lipinski definition) is 3. The molecule has 32 heavy (non-hydrogen) atoms. The van der Waals surface area contributed by atoms with Crippen molar-refractivity contribution in [1.29, 1.82) is 0 Å². The molecule has 2 saturated carbocycles. The molecule has 0 spiro atoms. The lowest BCUT2D eigenvalue weighted by Gasteiger charge is -2.44. The minimum absolute atomic E-state index is 0.241. The number of rotatable bonds is 9. The average Bonchev–Trinajstić information content (AvgIpc) is 3.44. The molecule has 0 amide bonds. The van der Waals surface area contributed by atoms with Crippen LogP contribution in [0.3, 0.4) is 0 Å². The maximum Gasteiger partial charge on any atom is 0.339 e. The van der Waals surface area contributed by atoms with Crippen molar-refractivity contribution in [3.63, 3.8) is 0 Å². The summed E-state index contributed by atoms with van der Waals surface area (Å²) in [6.07, 6.45) is 6.98. The van der Waals surface area contributed by atoms with Gasteiger partial charge in [0.1, 0.15) is 11.2 Å². The fourth-order valence-corrected chi connectivity index (χ4v) is 12.6. The van der Waals surface area contributed by atoms with E-state index in [1.165, 1.54) is 25.5 Å². The monoisotopic (exact) mass is 457 g/mol. The van der Waals surface area contributed by atoms with Crippen LogP contribution in [0.2, 0.25) is 16.6 Å². The SMILES string of the molecule is CC(C)[Si](OC[C@@H]1[C@@H]2CCC(C2)[C@@H]1Nc1c(C(=O)O)cnc2[nH]ccc12)(C(C)C)C(C)C. The molecule has 2 bridgehead atoms. The van der Waals surface area contributed by atoms with Crippen LogP contribution in [0.1, 0.15) is 71.2 Å². The molecular weight excluding hydrogens is 418 g/mol. The summed E-state index contributed by atoms with van der Waals surface area (Å²) < 4.78 is 7.03. The highest BCUT2D eigenvalue weighted by molar-refractivity contribution is 6.77. The lowest BCUT2D eigenvalue weighted by Crippen LogP contribution is -2.50. The third-order valence-electron chi connectivity index (χ3n) is 8.45. The molecule has 7 heteroatoms. The number of nitrogens with zero attached hydrogens (tertiary/aromatic N) is 1. The third kappa shape index (κ3) is 3.77. The lowest BCUT2D eigenvalue weighted by atomic mass is 9.84. The molecule has 3 N–H and O–H groups in total. The second-order valence-electron chi connectivity index (χ2n) is 10.9. The quantitative estimate of drug-likeness (QED) is 0.386. The van der Waals surface area contributed by atoms with E-state index in [0.29, 0.717) is 40.1 Å². The summed E-state index contributed by atoms with van der Waals surface area (Å²) >= 11 is 0. The smallest absolute Gasteiger partial charge is 0.339 e. The highest BCUT2D eigenvalue weighted by atomic mass is 28.4. The van der Waals surface area contributed by atoms with Crippen molar-refractivity contribution in [1.82, 2.24) is 9.97 Å². The maximum absolute atomic E-state index is 12.0. The van der Waals surface area contributed by atoms with E-state index in [4.69, 9.17) is 4.43 Å². The molecule has 2 aromatic heterocycles. The average molecular weight is 458 g/mol. The van der Waals surface area contributed by atoms with Gasteiger partial charge in [-0.1, -0.05) is 41.5 Å². The summed E-state index contributed by atoms with van der Waals surface area (Å²) in [5.74, 6) is 0.712. The lowest BCUT2D eigenvalue weighted by molar-refractivity contribution is 0.0697. The van der Waals surface area contributed by atoms with Crippen LogP contribution in [0, 0.1) is 17.8 Å². The van der Waals surface area contributed by atoms with Crippen LogP contribution < -0.4 is 5.32 Å². The zero-order chi connectivity index (χ0) is 23.2. The Morgan fingerprint density at radius 3 is 2.47 bits per heavy atom. The molecule has 2 fully saturated rings. The van der Waals surface area contributed by atoms with Gasteiger partial charge >= 0.3 is 5.97 Å². The van der Waals surface area contributed by atoms with E-state index in [0.717, 1.165) is 17.6 Å². The molecule has 1 unspecified atom stereocenters. The van der Waals surface area contributed by atoms with Gasteiger partial charge in [-0.25, -0.2) is 9.78 Å². The van der Waals surface area contributed by atoms with Crippen LogP contribution in [0.4, 0.5) is 5.69 Å². The molecule has 0 aliphatic heterocycles. The number of carboxylic acid groups (broad SMARTS) is 1. The van der Waals surface area contributed by atoms with E-state index in [1.54, 1.807) is 0 Å². The van der Waals surface area contributed by atoms with E-state index in [-0.39, 0.29) is 11.6 Å². The van der Waals surface area contributed by atoms with Crippen molar-refractivity contribution in [2.75, 3.05) is 11.9 Å². The Bertz CT molecular complexity index is 949. The number of aromatic amines is 1. The van der Waals surface area contributed by atoms with Crippen molar-refractivity contribution in [2.24, 2.45) is 17.8 Å². The van der Waals surface area contributed by atoms with Gasteiger partial charge in [-0.3, -0.25) is 0 Å². The molecule has 2 aliphatic carbocycles. The Morgan fingerprint density at radius 2 is 1.84 bits per heavy atom. The summed E-state index contributed by atoms with van der Waals surface area (Å²) in [4.78, 5) is 19.4. The number of carboxylic acids is 1. The predicted octanol–water partition coefficient (Wildman–Crippen LogP) is 6.28. The molecule has 176 valence electrons. The first-order valence-corrected chi connectivity index (χ1v) is 14.4. The second-order valence-corrected chi connectivity index (χ2v) is 16.3. The van der Waals surface area contributed by atoms with Gasteiger partial charge in [-0.15, -0.1) is 0 Å². The Balaban J connectivity index is 1.63.